The lowest BCUT2D eigenvalue weighted by molar-refractivity contribution is 0.702. The van der Waals surface area contributed by atoms with Gasteiger partial charge in [0.15, 0.2) is 0 Å². The molecule has 1 heterocycles. The Morgan fingerprint density at radius 3 is 1.62 bits per heavy atom. The third kappa shape index (κ3) is 3.77. The zero-order chi connectivity index (χ0) is 6.24. The summed E-state index contributed by atoms with van der Waals surface area (Å²) in [5.74, 6) is 0. The van der Waals surface area contributed by atoms with Gasteiger partial charge in [0.1, 0.15) is 0 Å². The van der Waals surface area contributed by atoms with Crippen LogP contribution in [0.3, 0.4) is 0 Å². The van der Waals surface area contributed by atoms with Crippen molar-refractivity contribution >= 4 is 16.3 Å². The first kappa shape index (κ1) is 7.59. The lowest BCUT2D eigenvalue weighted by Crippen LogP contribution is -1.58. The molecule has 0 aromatic carbocycles. The van der Waals surface area contributed by atoms with E-state index in [0.29, 0.717) is 0 Å². The van der Waals surface area contributed by atoms with Crippen LogP contribution in [0.2, 0.25) is 0 Å². The van der Waals surface area contributed by atoms with Crippen LogP contribution in [0.5, 0.6) is 0 Å². The van der Waals surface area contributed by atoms with Crippen molar-refractivity contribution in [2.45, 2.75) is 0 Å². The van der Waals surface area contributed by atoms with E-state index in [1.807, 2.05) is 34.5 Å². The van der Waals surface area contributed by atoms with Crippen molar-refractivity contribution in [3.63, 3.8) is 0 Å². The second-order valence-corrected chi connectivity index (χ2v) is 1.02. The van der Waals surface area contributed by atoms with Crippen molar-refractivity contribution in [1.29, 1.82) is 0 Å². The molecule has 0 unspecified atom stereocenters. The van der Waals surface area contributed by atoms with Crippen LogP contribution in [0.25, 0.3) is 0 Å². The summed E-state index contributed by atoms with van der Waals surface area (Å²) < 4.78 is 6.81. The molecule has 8 heavy (non-hydrogen) atoms. The zero-order valence-corrected chi connectivity index (χ0v) is 5.75. The lowest BCUT2D eigenvalue weighted by Gasteiger charge is -1.70. The Balaban J connectivity index is 0.000000222. The van der Waals surface area contributed by atoms with E-state index >= 15 is 0 Å². The summed E-state index contributed by atoms with van der Waals surface area (Å²) in [6.07, 6.45) is 3.50. The Morgan fingerprint density at radius 2 is 1.50 bits per heavy atom. The number of aromatic nitrogens is 1. The Morgan fingerprint density at radius 1 is 1.00 bits per heavy atom. The Hall–Kier alpha value is -0.410. The van der Waals surface area contributed by atoms with E-state index in [9.17, 15) is 0 Å². The summed E-state index contributed by atoms with van der Waals surface area (Å²) in [6, 6.07) is 5.72. The highest BCUT2D eigenvalue weighted by Gasteiger charge is 1.58. The smallest absolute Gasteiger partial charge is 0.0957 e. The summed E-state index contributed by atoms with van der Waals surface area (Å²) in [4.78, 5) is 3.78. The summed E-state index contributed by atoms with van der Waals surface area (Å²) in [5, 5.41) is 0. The molecule has 1 aromatic heterocycles. The largest absolute Gasteiger partial charge is 0.324 e. The van der Waals surface area contributed by atoms with Crippen LogP contribution in [0.1, 0.15) is 0 Å². The number of rotatable bonds is 0. The van der Waals surface area contributed by atoms with Gasteiger partial charge in [-0.15, -0.1) is 0 Å². The molecule has 0 aliphatic rings. The highest BCUT2D eigenvalue weighted by atomic mass is 79.9. The molecular formula is C5H6BrNO. The predicted octanol–water partition coefficient (Wildman–Crippen LogP) is 1.37. The fraction of sp³-hybridized carbons (Fsp3) is 0. The van der Waals surface area contributed by atoms with Crippen LogP contribution in [0, 0.1) is 0 Å². The van der Waals surface area contributed by atoms with E-state index in [0.717, 1.165) is 0 Å². The SMILES string of the molecule is OBr.c1ccncc1. The van der Waals surface area contributed by atoms with Crippen LogP contribution < -0.4 is 0 Å². The first-order valence-corrected chi connectivity index (χ1v) is 2.73. The van der Waals surface area contributed by atoms with Gasteiger partial charge in [-0.25, -0.2) is 0 Å². The molecule has 0 bridgehead atoms. The molecule has 0 aliphatic carbocycles. The second kappa shape index (κ2) is 6.59. The average molecular weight is 176 g/mol. The molecule has 0 saturated carbocycles. The van der Waals surface area contributed by atoms with E-state index in [4.69, 9.17) is 4.20 Å². The van der Waals surface area contributed by atoms with Crippen molar-refractivity contribution in [3.8, 4) is 0 Å². The van der Waals surface area contributed by atoms with Gasteiger partial charge in [0, 0.05) is 12.4 Å². The molecule has 1 aromatic rings. The van der Waals surface area contributed by atoms with E-state index in [-0.39, 0.29) is 0 Å². The van der Waals surface area contributed by atoms with E-state index < -0.39 is 0 Å². The molecule has 1 rings (SSSR count). The average Bonchev–Trinajstić information content (AvgIpc) is 1.96. The molecule has 0 aliphatic heterocycles. The molecule has 3 heteroatoms. The summed E-state index contributed by atoms with van der Waals surface area (Å²) in [5.41, 5.74) is 0. The third-order valence-corrected chi connectivity index (χ3v) is 0.566. The number of hydrogen-bond acceptors (Lipinski definition) is 2. The van der Waals surface area contributed by atoms with Crippen LogP contribution >= 0.6 is 16.3 Å². The van der Waals surface area contributed by atoms with Gasteiger partial charge in [-0.2, -0.15) is 0 Å². The molecule has 0 spiro atoms. The molecule has 0 fully saturated rings. The molecule has 44 valence electrons. The monoisotopic (exact) mass is 175 g/mol. The second-order valence-electron chi connectivity index (χ2n) is 1.02. The highest BCUT2D eigenvalue weighted by molar-refractivity contribution is 9.05. The maximum Gasteiger partial charge on any atom is 0.0957 e. The fourth-order valence-corrected chi connectivity index (χ4v) is 0.313. The van der Waals surface area contributed by atoms with Crippen LogP contribution in [-0.4, -0.2) is 9.18 Å². The van der Waals surface area contributed by atoms with E-state index in [1.165, 1.54) is 0 Å². The van der Waals surface area contributed by atoms with Crippen molar-refractivity contribution in [2.24, 2.45) is 0 Å². The Labute approximate surface area is 56.6 Å². The van der Waals surface area contributed by atoms with Gasteiger partial charge in [-0.05, 0) is 12.1 Å². The van der Waals surface area contributed by atoms with Crippen molar-refractivity contribution < 1.29 is 4.20 Å². The van der Waals surface area contributed by atoms with Gasteiger partial charge < -0.3 is 4.20 Å². The molecule has 2 nitrogen and oxygen atoms in total. The van der Waals surface area contributed by atoms with Crippen LogP contribution in [0.4, 0.5) is 0 Å². The van der Waals surface area contributed by atoms with E-state index in [1.54, 1.807) is 12.4 Å². The molecular weight excluding hydrogens is 170 g/mol. The van der Waals surface area contributed by atoms with Gasteiger partial charge in [-0.1, -0.05) is 6.07 Å². The van der Waals surface area contributed by atoms with Crippen LogP contribution in [-0.2, 0) is 0 Å². The third-order valence-electron chi connectivity index (χ3n) is 0.566. The highest BCUT2D eigenvalue weighted by Crippen LogP contribution is 1.73. The standard InChI is InChI=1S/C5H5N.BrHO/c1-2-4-6-5-3-1;1-2/h1-5H;2H. The van der Waals surface area contributed by atoms with Gasteiger partial charge in [0.05, 0.1) is 16.3 Å². The number of hydrogen-bond donors (Lipinski definition) is 1. The summed E-state index contributed by atoms with van der Waals surface area (Å²) >= 11 is 1.94. The molecule has 0 amide bonds. The normalized spacial score (nSPS) is 6.75. The first-order chi connectivity index (χ1) is 4.00. The van der Waals surface area contributed by atoms with Gasteiger partial charge in [0.2, 0.25) is 0 Å². The van der Waals surface area contributed by atoms with Crippen molar-refractivity contribution in [1.82, 2.24) is 4.98 Å². The quantitative estimate of drug-likeness (QED) is 0.647. The lowest BCUT2D eigenvalue weighted by atomic mass is 10.5. The maximum atomic E-state index is 6.81. The van der Waals surface area contributed by atoms with E-state index in [2.05, 4.69) is 4.98 Å². The topological polar surface area (TPSA) is 33.1 Å². The van der Waals surface area contributed by atoms with Gasteiger partial charge in [-0.3, -0.25) is 4.98 Å². The fourth-order valence-electron chi connectivity index (χ4n) is 0.313. The van der Waals surface area contributed by atoms with Gasteiger partial charge >= 0.3 is 0 Å². The molecule has 0 radical (unpaired) electrons. The van der Waals surface area contributed by atoms with Crippen molar-refractivity contribution in [2.75, 3.05) is 0 Å². The zero-order valence-electron chi connectivity index (χ0n) is 4.16. The minimum absolute atomic E-state index is 1.75. The number of pyridine rings is 1. The summed E-state index contributed by atoms with van der Waals surface area (Å²) in [6.45, 7) is 0. The number of halogens is 1. The Kier molecular flexibility index (Phi) is 6.25. The minimum atomic E-state index is 1.75. The molecule has 0 saturated heterocycles. The minimum Gasteiger partial charge on any atom is -0.324 e. The maximum absolute atomic E-state index is 6.81. The van der Waals surface area contributed by atoms with Crippen LogP contribution in [0.15, 0.2) is 30.6 Å². The predicted molar refractivity (Wildman–Crippen MR) is 35.4 cm³/mol. The first-order valence-electron chi connectivity index (χ1n) is 2.02. The van der Waals surface area contributed by atoms with Gasteiger partial charge in [0.25, 0.3) is 0 Å². The van der Waals surface area contributed by atoms with Crippen molar-refractivity contribution in [3.05, 3.63) is 30.6 Å². The summed E-state index contributed by atoms with van der Waals surface area (Å²) in [7, 11) is 0. The molecule has 1 N–H and O–H groups in total. The molecule has 0 atom stereocenters. The Bertz CT molecular complexity index is 84.4. The number of nitrogens with zero attached hydrogens (tertiary/aromatic N) is 1.